The average Bonchev–Trinajstić information content (AvgIpc) is 3.01. The van der Waals surface area contributed by atoms with Crippen molar-refractivity contribution in [1.82, 2.24) is 5.32 Å². The molecule has 2 nitrogen and oxygen atoms in total. The minimum Gasteiger partial charge on any atom is -0.496 e. The van der Waals surface area contributed by atoms with E-state index in [4.69, 9.17) is 4.74 Å². The molecule has 0 amide bonds. The number of nitrogens with one attached hydrogen (secondary N) is 1. The fourth-order valence-electron chi connectivity index (χ4n) is 4.14. The maximum Gasteiger partial charge on any atom is 0.122 e. The number of ether oxygens (including phenoxy) is 1. The van der Waals surface area contributed by atoms with Crippen molar-refractivity contribution in [2.24, 2.45) is 11.8 Å². The SMILES string of the molecule is COc1ccc(Br)cc1C1CCNCC1C1CCCC1. The van der Waals surface area contributed by atoms with Gasteiger partial charge in [-0.2, -0.15) is 0 Å². The van der Waals surface area contributed by atoms with E-state index in [1.165, 1.54) is 44.2 Å². The Morgan fingerprint density at radius 3 is 2.75 bits per heavy atom. The highest BCUT2D eigenvalue weighted by atomic mass is 79.9. The second-order valence-corrected chi connectivity index (χ2v) is 7.11. The van der Waals surface area contributed by atoms with Gasteiger partial charge in [-0.25, -0.2) is 0 Å². The van der Waals surface area contributed by atoms with Crippen LogP contribution in [0.25, 0.3) is 0 Å². The normalized spacial score (nSPS) is 27.7. The van der Waals surface area contributed by atoms with E-state index in [1.807, 2.05) is 0 Å². The Hall–Kier alpha value is -0.540. The minimum atomic E-state index is 0.645. The van der Waals surface area contributed by atoms with Crippen LogP contribution in [0.1, 0.15) is 43.6 Å². The molecule has 1 aromatic carbocycles. The molecule has 1 saturated carbocycles. The lowest BCUT2D eigenvalue weighted by Crippen LogP contribution is -2.38. The van der Waals surface area contributed by atoms with Gasteiger partial charge in [0, 0.05) is 4.47 Å². The van der Waals surface area contributed by atoms with E-state index in [9.17, 15) is 0 Å². The summed E-state index contributed by atoms with van der Waals surface area (Å²) in [5.74, 6) is 3.38. The molecule has 0 bridgehead atoms. The fraction of sp³-hybridized carbons (Fsp3) is 0.647. The summed E-state index contributed by atoms with van der Waals surface area (Å²) in [6.07, 6.45) is 6.90. The zero-order chi connectivity index (χ0) is 13.9. The summed E-state index contributed by atoms with van der Waals surface area (Å²) in [7, 11) is 1.79. The summed E-state index contributed by atoms with van der Waals surface area (Å²) < 4.78 is 6.79. The first-order valence-corrected chi connectivity index (χ1v) is 8.63. The van der Waals surface area contributed by atoms with Gasteiger partial charge >= 0.3 is 0 Å². The second-order valence-electron chi connectivity index (χ2n) is 6.19. The van der Waals surface area contributed by atoms with E-state index in [0.29, 0.717) is 5.92 Å². The molecule has 20 heavy (non-hydrogen) atoms. The number of halogens is 1. The quantitative estimate of drug-likeness (QED) is 0.885. The van der Waals surface area contributed by atoms with Gasteiger partial charge in [-0.1, -0.05) is 41.6 Å². The first kappa shape index (κ1) is 14.4. The summed E-state index contributed by atoms with van der Waals surface area (Å²) in [5, 5.41) is 3.61. The lowest BCUT2D eigenvalue weighted by atomic mass is 9.73. The molecule has 110 valence electrons. The Balaban J connectivity index is 1.90. The second kappa shape index (κ2) is 6.48. The van der Waals surface area contributed by atoms with Gasteiger partial charge in [0.1, 0.15) is 5.75 Å². The monoisotopic (exact) mass is 337 g/mol. The molecule has 1 saturated heterocycles. The maximum absolute atomic E-state index is 5.62. The predicted octanol–water partition coefficient (Wildman–Crippen LogP) is 4.34. The van der Waals surface area contributed by atoms with Crippen LogP contribution in [0.2, 0.25) is 0 Å². The number of benzene rings is 1. The van der Waals surface area contributed by atoms with E-state index in [2.05, 4.69) is 39.4 Å². The number of piperidine rings is 1. The average molecular weight is 338 g/mol. The molecule has 0 aromatic heterocycles. The van der Waals surface area contributed by atoms with Crippen LogP contribution in [-0.4, -0.2) is 20.2 Å². The first-order chi connectivity index (χ1) is 9.79. The Kier molecular flexibility index (Phi) is 4.67. The third-order valence-corrected chi connectivity index (χ3v) is 5.62. The van der Waals surface area contributed by atoms with E-state index in [0.717, 1.165) is 28.6 Å². The van der Waals surface area contributed by atoms with Gasteiger partial charge in [0.15, 0.2) is 0 Å². The van der Waals surface area contributed by atoms with Crippen LogP contribution in [0.15, 0.2) is 22.7 Å². The zero-order valence-corrected chi connectivity index (χ0v) is 13.8. The van der Waals surface area contributed by atoms with Gasteiger partial charge in [-0.15, -0.1) is 0 Å². The minimum absolute atomic E-state index is 0.645. The zero-order valence-electron chi connectivity index (χ0n) is 12.2. The lowest BCUT2D eigenvalue weighted by molar-refractivity contribution is 0.227. The number of hydrogen-bond acceptors (Lipinski definition) is 2. The van der Waals surface area contributed by atoms with Crippen molar-refractivity contribution in [2.75, 3.05) is 20.2 Å². The van der Waals surface area contributed by atoms with Crippen LogP contribution >= 0.6 is 15.9 Å². The van der Waals surface area contributed by atoms with Gasteiger partial charge in [0.05, 0.1) is 7.11 Å². The molecule has 3 rings (SSSR count). The van der Waals surface area contributed by atoms with Gasteiger partial charge in [0.25, 0.3) is 0 Å². The summed E-state index contributed by atoms with van der Waals surface area (Å²) in [4.78, 5) is 0. The molecule has 2 fully saturated rings. The molecular formula is C17H24BrNO. The maximum atomic E-state index is 5.62. The van der Waals surface area contributed by atoms with Crippen LogP contribution in [0.5, 0.6) is 5.75 Å². The highest BCUT2D eigenvalue weighted by Crippen LogP contribution is 2.44. The van der Waals surface area contributed by atoms with Crippen LogP contribution < -0.4 is 10.1 Å². The topological polar surface area (TPSA) is 21.3 Å². The molecule has 2 atom stereocenters. The van der Waals surface area contributed by atoms with Crippen molar-refractivity contribution in [3.05, 3.63) is 28.2 Å². The molecule has 0 spiro atoms. The highest BCUT2D eigenvalue weighted by molar-refractivity contribution is 9.10. The van der Waals surface area contributed by atoms with E-state index >= 15 is 0 Å². The molecule has 1 N–H and O–H groups in total. The van der Waals surface area contributed by atoms with Crippen molar-refractivity contribution in [1.29, 1.82) is 0 Å². The molecule has 2 aliphatic rings. The summed E-state index contributed by atoms with van der Waals surface area (Å²) in [6, 6.07) is 6.46. The number of methoxy groups -OCH3 is 1. The Bertz CT molecular complexity index is 456. The van der Waals surface area contributed by atoms with Crippen LogP contribution in [0, 0.1) is 11.8 Å². The Labute approximate surface area is 130 Å². The van der Waals surface area contributed by atoms with Crippen LogP contribution in [0.3, 0.4) is 0 Å². The summed E-state index contributed by atoms with van der Waals surface area (Å²) in [5.41, 5.74) is 1.40. The molecule has 1 aliphatic carbocycles. The summed E-state index contributed by atoms with van der Waals surface area (Å²) >= 11 is 3.62. The van der Waals surface area contributed by atoms with Gasteiger partial charge in [-0.3, -0.25) is 0 Å². The molecule has 1 heterocycles. The van der Waals surface area contributed by atoms with Crippen LogP contribution in [-0.2, 0) is 0 Å². The number of hydrogen-bond donors (Lipinski definition) is 1. The van der Waals surface area contributed by atoms with Crippen molar-refractivity contribution < 1.29 is 4.74 Å². The standard InChI is InChI=1S/C17H24BrNO/c1-20-17-7-6-13(18)10-15(17)14-8-9-19-11-16(14)12-4-2-3-5-12/h6-7,10,12,14,16,19H,2-5,8-9,11H2,1H3. The van der Waals surface area contributed by atoms with Gasteiger partial charge in [-0.05, 0) is 61.0 Å². The fourth-order valence-corrected chi connectivity index (χ4v) is 4.52. The summed E-state index contributed by atoms with van der Waals surface area (Å²) in [6.45, 7) is 2.30. The van der Waals surface area contributed by atoms with Crippen molar-refractivity contribution in [3.63, 3.8) is 0 Å². The molecule has 2 unspecified atom stereocenters. The smallest absolute Gasteiger partial charge is 0.122 e. The highest BCUT2D eigenvalue weighted by Gasteiger charge is 2.35. The van der Waals surface area contributed by atoms with E-state index < -0.39 is 0 Å². The van der Waals surface area contributed by atoms with E-state index in [1.54, 1.807) is 7.11 Å². The van der Waals surface area contributed by atoms with Gasteiger partial charge < -0.3 is 10.1 Å². The molecular weight excluding hydrogens is 314 g/mol. The number of rotatable bonds is 3. The predicted molar refractivity (Wildman–Crippen MR) is 86.4 cm³/mol. The van der Waals surface area contributed by atoms with Crippen molar-refractivity contribution in [3.8, 4) is 5.75 Å². The molecule has 1 aromatic rings. The molecule has 1 aliphatic heterocycles. The third-order valence-electron chi connectivity index (χ3n) is 5.13. The third kappa shape index (κ3) is 2.89. The van der Waals surface area contributed by atoms with Crippen molar-refractivity contribution >= 4 is 15.9 Å². The Morgan fingerprint density at radius 1 is 1.20 bits per heavy atom. The first-order valence-electron chi connectivity index (χ1n) is 7.83. The molecule has 0 radical (unpaired) electrons. The molecule has 3 heteroatoms. The Morgan fingerprint density at radius 2 is 2.00 bits per heavy atom. The van der Waals surface area contributed by atoms with E-state index in [-0.39, 0.29) is 0 Å². The van der Waals surface area contributed by atoms with Crippen molar-refractivity contribution in [2.45, 2.75) is 38.0 Å². The van der Waals surface area contributed by atoms with Gasteiger partial charge in [0.2, 0.25) is 0 Å². The van der Waals surface area contributed by atoms with Crippen LogP contribution in [0.4, 0.5) is 0 Å². The largest absolute Gasteiger partial charge is 0.496 e. The lowest BCUT2D eigenvalue weighted by Gasteiger charge is -2.37.